The average molecular weight is 404 g/mol. The molecule has 0 fully saturated rings. The predicted molar refractivity (Wildman–Crippen MR) is 126 cm³/mol. The second kappa shape index (κ2) is 7.18. The van der Waals surface area contributed by atoms with Crippen molar-refractivity contribution in [1.29, 1.82) is 0 Å². The molecule has 2 aliphatic rings. The first-order valence-electron chi connectivity index (χ1n) is 11.3. The molecule has 30 heavy (non-hydrogen) atoms. The van der Waals surface area contributed by atoms with E-state index in [-0.39, 0.29) is 17.2 Å². The van der Waals surface area contributed by atoms with Crippen LogP contribution in [0.3, 0.4) is 0 Å². The first-order chi connectivity index (χ1) is 14.2. The highest BCUT2D eigenvalue weighted by Gasteiger charge is 2.47. The Kier molecular flexibility index (Phi) is 5.03. The third-order valence-electron chi connectivity index (χ3n) is 8.04. The molecule has 2 heteroatoms. The van der Waals surface area contributed by atoms with Gasteiger partial charge < -0.3 is 0 Å². The Balaban J connectivity index is 2.11. The molecular weight excluding hydrogens is 369 g/mol. The minimum absolute atomic E-state index is 0.0664. The summed E-state index contributed by atoms with van der Waals surface area (Å²) in [5.74, 6) is 0.607. The molecule has 2 aromatic rings. The van der Waals surface area contributed by atoms with Gasteiger partial charge in [0.05, 0.1) is 5.69 Å². The molecule has 0 amide bonds. The zero-order chi connectivity index (χ0) is 21.8. The summed E-state index contributed by atoms with van der Waals surface area (Å²) in [4.78, 5) is 4.90. The van der Waals surface area contributed by atoms with Gasteiger partial charge in [-0.25, -0.2) is 4.39 Å². The van der Waals surface area contributed by atoms with Crippen LogP contribution < -0.4 is 0 Å². The highest BCUT2D eigenvalue weighted by molar-refractivity contribution is 6.02. The van der Waals surface area contributed by atoms with E-state index in [1.54, 1.807) is 0 Å². The Morgan fingerprint density at radius 2 is 2.03 bits per heavy atom. The highest BCUT2D eigenvalue weighted by atomic mass is 19.1. The fourth-order valence-electron chi connectivity index (χ4n) is 5.95. The molecule has 0 spiro atoms. The molecule has 0 saturated carbocycles. The van der Waals surface area contributed by atoms with Gasteiger partial charge in [-0.2, -0.15) is 0 Å². The lowest BCUT2D eigenvalue weighted by Gasteiger charge is -2.47. The number of halogens is 1. The van der Waals surface area contributed by atoms with Crippen molar-refractivity contribution in [3.8, 4) is 0 Å². The van der Waals surface area contributed by atoms with E-state index in [4.69, 9.17) is 4.98 Å². The second-order valence-electron chi connectivity index (χ2n) is 9.94. The zero-order valence-electron chi connectivity index (χ0n) is 19.4. The summed E-state index contributed by atoms with van der Waals surface area (Å²) in [5.41, 5.74) is 4.93. The van der Waals surface area contributed by atoms with Crippen molar-refractivity contribution < 1.29 is 4.39 Å². The number of aryl methyl sites for hydroxylation is 1. The topological polar surface area (TPSA) is 12.9 Å². The minimum atomic E-state index is -0.400. The lowest BCUT2D eigenvalue weighted by molar-refractivity contribution is 0.197. The van der Waals surface area contributed by atoms with Gasteiger partial charge >= 0.3 is 0 Å². The lowest BCUT2D eigenvalue weighted by Crippen LogP contribution is -2.38. The molecule has 1 heterocycles. The normalized spacial score (nSPS) is 23.3. The van der Waals surface area contributed by atoms with E-state index >= 15 is 4.39 Å². The van der Waals surface area contributed by atoms with E-state index < -0.39 is 5.41 Å². The monoisotopic (exact) mass is 403 g/mol. The first-order valence-corrected chi connectivity index (χ1v) is 11.3. The third kappa shape index (κ3) is 2.76. The number of rotatable bonds is 4. The highest BCUT2D eigenvalue weighted by Crippen LogP contribution is 2.58. The van der Waals surface area contributed by atoms with Crippen LogP contribution in [0.1, 0.15) is 71.2 Å². The van der Waals surface area contributed by atoms with Crippen LogP contribution in [0, 0.1) is 24.2 Å². The molecule has 0 aliphatic heterocycles. The standard InChI is InChI=1S/C28H34FN/c1-8-15-28(7,18(4)9-2)21-12-13-22(29)25-24(21)26-23-19(14-16-30-26)17(3)10-11-20(23)27(25,5)6/h8,10-11,13-16,18,21H,9,12H2,1-7H3. The number of allylic oxidation sites excluding steroid dienone is 6. The molecule has 3 atom stereocenters. The summed E-state index contributed by atoms with van der Waals surface area (Å²) in [7, 11) is 0. The summed E-state index contributed by atoms with van der Waals surface area (Å²) < 4.78 is 15.6. The van der Waals surface area contributed by atoms with Gasteiger partial charge in [-0.05, 0) is 71.7 Å². The van der Waals surface area contributed by atoms with Crippen LogP contribution in [0.5, 0.6) is 0 Å². The van der Waals surface area contributed by atoms with Gasteiger partial charge in [-0.1, -0.05) is 65.3 Å². The van der Waals surface area contributed by atoms with Gasteiger partial charge in [0.15, 0.2) is 0 Å². The molecule has 2 aliphatic carbocycles. The number of benzene rings is 1. The molecule has 0 saturated heterocycles. The fraction of sp³-hybridized carbons (Fsp3) is 0.464. The summed E-state index contributed by atoms with van der Waals surface area (Å²) in [5, 5.41) is 2.45. The largest absolute Gasteiger partial charge is 0.256 e. The lowest BCUT2D eigenvalue weighted by atomic mass is 9.57. The maximum Gasteiger partial charge on any atom is 0.123 e. The van der Waals surface area contributed by atoms with Gasteiger partial charge in [0.25, 0.3) is 0 Å². The molecule has 0 radical (unpaired) electrons. The van der Waals surface area contributed by atoms with Gasteiger partial charge in [0.2, 0.25) is 0 Å². The van der Waals surface area contributed by atoms with Crippen LogP contribution in [-0.4, -0.2) is 4.98 Å². The molecule has 1 nitrogen and oxygen atoms in total. The molecule has 1 aromatic heterocycles. The van der Waals surface area contributed by atoms with Crippen molar-refractivity contribution in [2.75, 3.05) is 0 Å². The number of aromatic nitrogens is 1. The van der Waals surface area contributed by atoms with E-state index in [0.29, 0.717) is 12.3 Å². The Morgan fingerprint density at radius 1 is 1.30 bits per heavy atom. The Hall–Kier alpha value is -2.22. The minimum Gasteiger partial charge on any atom is -0.256 e. The van der Waals surface area contributed by atoms with Crippen LogP contribution in [0.15, 0.2) is 54.0 Å². The van der Waals surface area contributed by atoms with Crippen LogP contribution in [0.25, 0.3) is 16.3 Å². The zero-order valence-corrected chi connectivity index (χ0v) is 19.4. The quantitative estimate of drug-likeness (QED) is 0.470. The van der Waals surface area contributed by atoms with E-state index in [1.807, 2.05) is 12.3 Å². The fourth-order valence-corrected chi connectivity index (χ4v) is 5.95. The van der Waals surface area contributed by atoms with E-state index in [2.05, 4.69) is 78.8 Å². The molecule has 0 N–H and O–H groups in total. The number of hydrogen-bond donors (Lipinski definition) is 0. The summed E-state index contributed by atoms with van der Waals surface area (Å²) in [6.07, 6.45) is 10.1. The molecule has 158 valence electrons. The smallest absolute Gasteiger partial charge is 0.123 e. The molecule has 1 aromatic carbocycles. The van der Waals surface area contributed by atoms with Crippen molar-refractivity contribution in [3.63, 3.8) is 0 Å². The van der Waals surface area contributed by atoms with Crippen molar-refractivity contribution in [2.45, 2.75) is 66.7 Å². The average Bonchev–Trinajstić information content (AvgIpc) is 2.72. The van der Waals surface area contributed by atoms with Crippen LogP contribution in [-0.2, 0) is 5.41 Å². The molecule has 0 bridgehead atoms. The summed E-state index contributed by atoms with van der Waals surface area (Å²) in [6, 6.07) is 6.46. The molecule has 4 rings (SSSR count). The Morgan fingerprint density at radius 3 is 2.70 bits per heavy atom. The van der Waals surface area contributed by atoms with Gasteiger partial charge in [0.1, 0.15) is 5.83 Å². The van der Waals surface area contributed by atoms with Crippen molar-refractivity contribution >= 4 is 16.3 Å². The molecular formula is C28H34FN. The van der Waals surface area contributed by atoms with E-state index in [0.717, 1.165) is 23.3 Å². The second-order valence-corrected chi connectivity index (χ2v) is 9.94. The Labute approximate surface area is 180 Å². The number of fused-ring (bicyclic) bond motifs is 1. The number of pyridine rings is 1. The van der Waals surface area contributed by atoms with Gasteiger partial charge in [-0.3, -0.25) is 4.98 Å². The van der Waals surface area contributed by atoms with Crippen molar-refractivity contribution in [1.82, 2.24) is 4.98 Å². The van der Waals surface area contributed by atoms with Crippen molar-refractivity contribution in [3.05, 3.63) is 70.8 Å². The van der Waals surface area contributed by atoms with Crippen LogP contribution in [0.4, 0.5) is 4.39 Å². The van der Waals surface area contributed by atoms with Crippen LogP contribution in [0.2, 0.25) is 0 Å². The Bertz CT molecular complexity index is 1100. The first kappa shape index (κ1) is 21.0. The van der Waals surface area contributed by atoms with E-state index in [1.165, 1.54) is 21.9 Å². The summed E-state index contributed by atoms with van der Waals surface area (Å²) in [6.45, 7) is 15.5. The molecule has 3 unspecified atom stereocenters. The van der Waals surface area contributed by atoms with Crippen LogP contribution >= 0.6 is 0 Å². The maximum atomic E-state index is 15.6. The number of nitrogens with zero attached hydrogens (tertiary/aromatic N) is 1. The number of hydrogen-bond acceptors (Lipinski definition) is 1. The summed E-state index contributed by atoms with van der Waals surface area (Å²) >= 11 is 0. The predicted octanol–water partition coefficient (Wildman–Crippen LogP) is 8.09. The maximum absolute atomic E-state index is 15.6. The van der Waals surface area contributed by atoms with Gasteiger partial charge in [-0.15, -0.1) is 0 Å². The van der Waals surface area contributed by atoms with E-state index in [9.17, 15) is 0 Å². The van der Waals surface area contributed by atoms with Crippen molar-refractivity contribution in [2.24, 2.45) is 17.3 Å². The van der Waals surface area contributed by atoms with Gasteiger partial charge in [0, 0.05) is 22.6 Å². The third-order valence-corrected chi connectivity index (χ3v) is 8.04. The SMILES string of the molecule is CC=CC(C)(C(C)CC)C1CC=C(F)C2=C1c1nccc3c(C)ccc(c13)C2(C)C.